The van der Waals surface area contributed by atoms with Crippen molar-refractivity contribution in [2.24, 2.45) is 52.3 Å². The number of ether oxygens (including phenoxy) is 3. The molecular formula is C32H52O3. The number of fused-ring (bicyclic) bond motifs is 7. The molecule has 2 aliphatic heterocycles. The van der Waals surface area contributed by atoms with E-state index >= 15 is 0 Å². The van der Waals surface area contributed by atoms with Crippen LogP contribution in [-0.2, 0) is 14.2 Å². The van der Waals surface area contributed by atoms with Gasteiger partial charge in [0.2, 0.25) is 0 Å². The third kappa shape index (κ3) is 3.84. The first-order chi connectivity index (χ1) is 16.7. The van der Waals surface area contributed by atoms with Gasteiger partial charge in [0.25, 0.3) is 0 Å². The minimum Gasteiger partial charge on any atom is -0.378 e. The summed E-state index contributed by atoms with van der Waals surface area (Å²) in [4.78, 5) is 0. The molecule has 3 saturated carbocycles. The van der Waals surface area contributed by atoms with Crippen molar-refractivity contribution in [1.29, 1.82) is 0 Å². The molecule has 0 radical (unpaired) electrons. The molecule has 5 fully saturated rings. The Morgan fingerprint density at radius 1 is 1.06 bits per heavy atom. The van der Waals surface area contributed by atoms with Gasteiger partial charge in [-0.2, -0.15) is 0 Å². The van der Waals surface area contributed by atoms with E-state index in [9.17, 15) is 0 Å². The molecule has 6 aliphatic rings. The normalized spacial score (nSPS) is 53.2. The van der Waals surface area contributed by atoms with Gasteiger partial charge in [-0.05, 0) is 104 Å². The molecule has 4 aliphatic carbocycles. The maximum atomic E-state index is 6.96. The fraction of sp³-hybridized carbons (Fsp3) is 0.938. The molecule has 0 N–H and O–H groups in total. The van der Waals surface area contributed by atoms with Gasteiger partial charge in [0, 0.05) is 18.9 Å². The molecule has 35 heavy (non-hydrogen) atoms. The lowest BCUT2D eigenvalue weighted by atomic mass is 9.47. The lowest BCUT2D eigenvalue weighted by Gasteiger charge is -2.58. The minimum atomic E-state index is -0.285. The molecule has 2 heterocycles. The fourth-order valence-electron chi connectivity index (χ4n) is 10.3. The van der Waals surface area contributed by atoms with Crippen LogP contribution in [0.25, 0.3) is 0 Å². The van der Waals surface area contributed by atoms with Gasteiger partial charge in [-0.25, -0.2) is 0 Å². The van der Waals surface area contributed by atoms with E-state index in [4.69, 9.17) is 14.2 Å². The van der Waals surface area contributed by atoms with Crippen LogP contribution >= 0.6 is 0 Å². The van der Waals surface area contributed by atoms with Gasteiger partial charge in [-0.3, -0.25) is 0 Å². The average molecular weight is 485 g/mol. The largest absolute Gasteiger partial charge is 0.378 e. The van der Waals surface area contributed by atoms with Gasteiger partial charge in [-0.1, -0.05) is 53.2 Å². The summed E-state index contributed by atoms with van der Waals surface area (Å²) in [6, 6.07) is 0. The summed E-state index contributed by atoms with van der Waals surface area (Å²) in [5.74, 6) is 4.82. The van der Waals surface area contributed by atoms with Crippen molar-refractivity contribution in [3.05, 3.63) is 11.6 Å². The molecule has 3 nitrogen and oxygen atoms in total. The fourth-order valence-corrected chi connectivity index (χ4v) is 10.3. The predicted molar refractivity (Wildman–Crippen MR) is 141 cm³/mol. The van der Waals surface area contributed by atoms with E-state index in [0.717, 1.165) is 43.3 Å². The highest BCUT2D eigenvalue weighted by Crippen LogP contribution is 2.70. The van der Waals surface area contributed by atoms with Gasteiger partial charge >= 0.3 is 0 Å². The quantitative estimate of drug-likeness (QED) is 0.381. The minimum absolute atomic E-state index is 0.285. The van der Waals surface area contributed by atoms with Crippen LogP contribution in [0, 0.1) is 52.3 Å². The summed E-state index contributed by atoms with van der Waals surface area (Å²) >= 11 is 0. The summed E-state index contributed by atoms with van der Waals surface area (Å²) in [5, 5.41) is 0. The van der Waals surface area contributed by atoms with Gasteiger partial charge in [-0.15, -0.1) is 0 Å². The van der Waals surface area contributed by atoms with Crippen molar-refractivity contribution in [3.63, 3.8) is 0 Å². The van der Waals surface area contributed by atoms with Crippen LogP contribution in [0.5, 0.6) is 0 Å². The standard InChI is InChI=1S/C32H52O3/c1-20(2)12-16-33-24-10-13-30(5)23(17-24)7-8-25-26(30)11-14-31(6)27(25)18-28-29(31)22(4)32(35-28)15-9-21(3)19-34-32/h7,20-22,24-29H,8-19H2,1-6H3/t21-,22-,24+,25+,26+,27-,28+,29+,30+,31+,32-/m1/s1. The van der Waals surface area contributed by atoms with E-state index in [1.54, 1.807) is 5.57 Å². The summed E-state index contributed by atoms with van der Waals surface area (Å²) < 4.78 is 19.8. The first kappa shape index (κ1) is 24.9. The van der Waals surface area contributed by atoms with Crippen LogP contribution in [0.15, 0.2) is 11.6 Å². The van der Waals surface area contributed by atoms with Crippen molar-refractivity contribution in [1.82, 2.24) is 0 Å². The van der Waals surface area contributed by atoms with E-state index in [1.165, 1.54) is 57.8 Å². The Balaban J connectivity index is 1.18. The Morgan fingerprint density at radius 2 is 1.89 bits per heavy atom. The smallest absolute Gasteiger partial charge is 0.171 e. The highest BCUT2D eigenvalue weighted by molar-refractivity contribution is 5.26. The maximum absolute atomic E-state index is 6.96. The molecule has 2 saturated heterocycles. The number of rotatable bonds is 4. The van der Waals surface area contributed by atoms with Crippen molar-refractivity contribution in [3.8, 4) is 0 Å². The molecule has 0 unspecified atom stereocenters. The Kier molecular flexibility index (Phi) is 6.30. The summed E-state index contributed by atoms with van der Waals surface area (Å²) in [5.41, 5.74) is 2.56. The van der Waals surface area contributed by atoms with Crippen LogP contribution in [-0.4, -0.2) is 31.2 Å². The second-order valence-electron chi connectivity index (χ2n) is 14.7. The van der Waals surface area contributed by atoms with Crippen LogP contribution in [0.4, 0.5) is 0 Å². The summed E-state index contributed by atoms with van der Waals surface area (Å²) in [7, 11) is 0. The van der Waals surface area contributed by atoms with Crippen LogP contribution in [0.1, 0.15) is 106 Å². The summed E-state index contributed by atoms with van der Waals surface area (Å²) in [6.07, 6.45) is 16.2. The van der Waals surface area contributed by atoms with Crippen molar-refractivity contribution < 1.29 is 14.2 Å². The number of hydrogen-bond acceptors (Lipinski definition) is 3. The van der Waals surface area contributed by atoms with E-state index in [2.05, 4.69) is 47.6 Å². The van der Waals surface area contributed by atoms with Gasteiger partial charge in [0.05, 0.1) is 18.8 Å². The van der Waals surface area contributed by atoms with Crippen molar-refractivity contribution in [2.75, 3.05) is 13.2 Å². The number of hydrogen-bond donors (Lipinski definition) is 0. The SMILES string of the molecule is CC(C)CCO[C@H]1CC[C@@]2(C)C(=CC[C@@H]3[C@H]4C[C@@H]5O[C@]6(CC[C@@H](C)CO6)[C@H](C)[C@@H]5[C@@]4(C)CC[C@@H]32)C1. The Labute approximate surface area is 215 Å². The molecule has 3 heteroatoms. The molecule has 0 aromatic heterocycles. The first-order valence-corrected chi connectivity index (χ1v) is 15.3. The van der Waals surface area contributed by atoms with Gasteiger partial charge in [0.15, 0.2) is 5.79 Å². The molecular weight excluding hydrogens is 432 g/mol. The van der Waals surface area contributed by atoms with E-state index in [-0.39, 0.29) is 5.79 Å². The highest BCUT2D eigenvalue weighted by Gasteiger charge is 2.68. The van der Waals surface area contributed by atoms with Crippen LogP contribution in [0.3, 0.4) is 0 Å². The first-order valence-electron chi connectivity index (χ1n) is 15.3. The Morgan fingerprint density at radius 3 is 2.63 bits per heavy atom. The molecule has 0 aromatic carbocycles. The van der Waals surface area contributed by atoms with E-state index < -0.39 is 0 Å². The topological polar surface area (TPSA) is 27.7 Å². The second-order valence-corrected chi connectivity index (χ2v) is 14.7. The zero-order valence-corrected chi connectivity index (χ0v) is 23.5. The van der Waals surface area contributed by atoms with Crippen molar-refractivity contribution in [2.45, 2.75) is 124 Å². The lowest BCUT2D eigenvalue weighted by molar-refractivity contribution is -0.272. The summed E-state index contributed by atoms with van der Waals surface area (Å²) in [6.45, 7) is 16.5. The Hall–Kier alpha value is -0.380. The second kappa shape index (κ2) is 8.84. The number of allylic oxidation sites excluding steroid dienone is 1. The third-order valence-corrected chi connectivity index (χ3v) is 12.4. The molecule has 0 amide bonds. The molecule has 11 atom stereocenters. The van der Waals surface area contributed by atoms with Gasteiger partial charge in [0.1, 0.15) is 0 Å². The molecule has 0 bridgehead atoms. The monoisotopic (exact) mass is 484 g/mol. The highest BCUT2D eigenvalue weighted by atomic mass is 16.7. The molecule has 1 spiro atoms. The van der Waals surface area contributed by atoms with E-state index in [0.29, 0.717) is 40.8 Å². The lowest BCUT2D eigenvalue weighted by Crippen LogP contribution is -2.52. The van der Waals surface area contributed by atoms with Crippen LogP contribution < -0.4 is 0 Å². The maximum Gasteiger partial charge on any atom is 0.171 e. The average Bonchev–Trinajstić information content (AvgIpc) is 3.26. The van der Waals surface area contributed by atoms with Crippen LogP contribution in [0.2, 0.25) is 0 Å². The predicted octanol–water partition coefficient (Wildman–Crippen LogP) is 7.78. The Bertz CT molecular complexity index is 825. The zero-order valence-electron chi connectivity index (χ0n) is 23.5. The third-order valence-electron chi connectivity index (χ3n) is 12.4. The van der Waals surface area contributed by atoms with Gasteiger partial charge < -0.3 is 14.2 Å². The zero-order chi connectivity index (χ0) is 24.6. The van der Waals surface area contributed by atoms with Crippen molar-refractivity contribution >= 4 is 0 Å². The molecule has 0 aromatic rings. The molecule has 198 valence electrons. The molecule has 6 rings (SSSR count). The van der Waals surface area contributed by atoms with E-state index in [1.807, 2.05) is 0 Å².